The van der Waals surface area contributed by atoms with E-state index in [9.17, 15) is 26.3 Å². The Hall–Kier alpha value is -12.3. The molecule has 16 rings (SSSR count). The van der Waals surface area contributed by atoms with Crippen molar-refractivity contribution in [3.05, 3.63) is 329 Å². The molecule has 0 fully saturated rings. The van der Waals surface area contributed by atoms with E-state index in [-0.39, 0.29) is 67.2 Å². The van der Waals surface area contributed by atoms with Crippen LogP contribution in [-0.2, 0) is 0 Å². The molecule has 0 saturated heterocycles. The van der Waals surface area contributed by atoms with Crippen LogP contribution in [0.1, 0.15) is 277 Å². The second kappa shape index (κ2) is 46.9. The van der Waals surface area contributed by atoms with E-state index in [0.29, 0.717) is 129 Å². The van der Waals surface area contributed by atoms with Crippen LogP contribution in [0.2, 0.25) is 30.1 Å². The van der Waals surface area contributed by atoms with E-state index in [1.54, 1.807) is 76.3 Å². The number of aryl methyl sites for hydroxylation is 2. The number of hydrogen-bond acceptors (Lipinski definition) is 16. The van der Waals surface area contributed by atoms with E-state index >= 15 is 0 Å². The number of hydrogen-bond donors (Lipinski definition) is 0. The first-order valence-corrected chi connectivity index (χ1v) is 50.3. The highest BCUT2D eigenvalue weighted by Crippen LogP contribution is 2.54. The Kier molecular flexibility index (Phi) is 37.9. The van der Waals surface area contributed by atoms with Crippen LogP contribution in [0.4, 0.5) is 26.3 Å². The maximum absolute atomic E-state index is 14.6. The summed E-state index contributed by atoms with van der Waals surface area (Å²) in [6.07, 6.45) is 14.3. The molecule has 804 valence electrons. The van der Waals surface area contributed by atoms with Crippen LogP contribution in [0.5, 0.6) is 92.0 Å². The molecule has 0 saturated carbocycles. The Morgan fingerprint density at radius 2 is 0.413 bits per heavy atom. The van der Waals surface area contributed by atoms with Gasteiger partial charge in [0.25, 0.3) is 0 Å². The van der Waals surface area contributed by atoms with Gasteiger partial charge in [0.2, 0.25) is 23.3 Å². The van der Waals surface area contributed by atoms with Gasteiger partial charge in [0, 0.05) is 44.5 Å². The van der Waals surface area contributed by atoms with Gasteiger partial charge in [-0.25, -0.2) is 8.78 Å². The highest BCUT2D eigenvalue weighted by atomic mass is 35.5. The average molecular weight is 2190 g/mol. The topological polar surface area (TPSA) is 148 Å². The predicted octanol–water partition coefficient (Wildman–Crippen LogP) is 38.8. The second-order valence-electron chi connectivity index (χ2n) is 44.3. The first-order valence-electron chi connectivity index (χ1n) is 48.0. The second-order valence-corrected chi connectivity index (χ2v) is 46.7. The van der Waals surface area contributed by atoms with E-state index in [2.05, 4.69) is 52.6 Å². The Balaban J connectivity index is 0.000000190. The first-order chi connectivity index (χ1) is 68.7. The molecule has 150 heavy (non-hydrogen) atoms. The van der Waals surface area contributed by atoms with Gasteiger partial charge < -0.3 is 75.8 Å². The molecule has 0 unspecified atom stereocenters. The number of allylic oxidation sites excluding steroid dienone is 16. The Morgan fingerprint density at radius 3 is 0.773 bits per heavy atom. The molecule has 8 aromatic rings. The summed E-state index contributed by atoms with van der Waals surface area (Å²) < 4.78 is 175. The number of halogens is 12. The van der Waals surface area contributed by atoms with Crippen molar-refractivity contribution >= 4 is 114 Å². The van der Waals surface area contributed by atoms with E-state index in [4.69, 9.17) is 145 Å². The Labute approximate surface area is 910 Å². The minimum absolute atomic E-state index is 0.00965. The van der Waals surface area contributed by atoms with Crippen molar-refractivity contribution < 1.29 is 102 Å². The molecule has 0 amide bonds. The van der Waals surface area contributed by atoms with Gasteiger partial charge in [0.05, 0.1) is 10.0 Å². The van der Waals surface area contributed by atoms with Crippen LogP contribution < -0.4 is 75.8 Å². The SMILES string of the molecule is C=C1C=C(C)c2cc(C)c(OC(C)(C)C)c(Cl)c2O1.C=C1C=C(C)c2cc(C)c(OC(C)(C)C)c(F)c2O1.C=C1C=C(C)c2cc(Cl)c(OC(C)(C)C)c(Cl)c2O1.C=C1C=C(C)c2cc(Cl)c(OC(C)(C)C)c(F)c2O1.C=C1C=C(C)c2cc(F)c(OC(C)(C)C)c(Cl)c2O1.C=C1C=C(C)c2cc(F)c(OC(C)(C)C)c(F)c2O1.C=C1C=C(C)c2ccc(OC(C)(C)C)c(Cl)c2O1.C=C1C=C(C)c2ccc(OC(C)(C)C)c(F)c2O1. The van der Waals surface area contributed by atoms with Crippen molar-refractivity contribution in [3.63, 3.8) is 0 Å². The summed E-state index contributed by atoms with van der Waals surface area (Å²) in [7, 11) is 0. The van der Waals surface area contributed by atoms with Crippen LogP contribution in [0, 0.1) is 48.8 Å². The molecule has 0 aromatic heterocycles. The molecule has 8 aliphatic heterocycles. The lowest BCUT2D eigenvalue weighted by Gasteiger charge is -2.27. The zero-order valence-corrected chi connectivity index (χ0v) is 96.7. The number of rotatable bonds is 8. The minimum Gasteiger partial charge on any atom is -0.486 e. The van der Waals surface area contributed by atoms with Crippen molar-refractivity contribution in [1.29, 1.82) is 0 Å². The van der Waals surface area contributed by atoms with Crippen molar-refractivity contribution in [3.8, 4) is 92.0 Å². The third-order valence-electron chi connectivity index (χ3n) is 20.9. The first kappa shape index (κ1) is 121. The van der Waals surface area contributed by atoms with Crippen molar-refractivity contribution in [2.24, 2.45) is 0 Å². The lowest BCUT2D eigenvalue weighted by Crippen LogP contribution is -2.24. The average Bonchev–Trinajstić information content (AvgIpc) is 0.781. The van der Waals surface area contributed by atoms with Gasteiger partial charge >= 0.3 is 0 Å². The minimum atomic E-state index is -0.835. The van der Waals surface area contributed by atoms with E-state index < -0.39 is 74.3 Å². The largest absolute Gasteiger partial charge is 0.486 e. The van der Waals surface area contributed by atoms with Gasteiger partial charge in [0.15, 0.2) is 92.1 Å². The van der Waals surface area contributed by atoms with Crippen LogP contribution in [0.25, 0.3) is 44.6 Å². The molecule has 8 aliphatic rings. The van der Waals surface area contributed by atoms with Crippen LogP contribution in [0.3, 0.4) is 0 Å². The van der Waals surface area contributed by atoms with E-state index in [1.165, 1.54) is 12.1 Å². The molecule has 0 radical (unpaired) electrons. The molecule has 0 bridgehead atoms. The zero-order chi connectivity index (χ0) is 113. The van der Waals surface area contributed by atoms with Gasteiger partial charge in [0.1, 0.15) is 122 Å². The van der Waals surface area contributed by atoms with Crippen molar-refractivity contribution in [2.45, 2.75) is 280 Å². The predicted molar refractivity (Wildman–Crippen MR) is 601 cm³/mol. The maximum Gasteiger partial charge on any atom is 0.211 e. The van der Waals surface area contributed by atoms with E-state index in [0.717, 1.165) is 78.0 Å². The summed E-state index contributed by atoms with van der Waals surface area (Å²) in [5, 5.41) is 2.23. The molecular weight excluding hydrogens is 2050 g/mol. The molecule has 8 aromatic carbocycles. The number of fused-ring (bicyclic) bond motifs is 8. The standard InChI is InChI=1S/C16H19ClO2.C16H19FO2.C15H16Cl2O2.2C15H16ClFO2.C15H17ClO2.C15H16F2O2.C15H17FO2/c2*1-9-7-11(3)18-15-12(9)8-10(2)14(13(15)17)19-16(4,5)6;1-8-6-9(2)18-13-10(8)7-11(16)14(12(13)17)19-15(3,4)5;1-8-6-9(2)18-13-10(8)7-11(17)14(12(13)16)19-15(3,4)5;1-8-6-9(2)18-13-10(8)7-11(16)14(12(13)17)19-15(3,4)5;1-9-8-10(2)17-14-11(9)6-7-12(13(14)16)18-15(3,4)5;1-8-6-9(2)18-13-10(8)7-11(16)14(12(13)17)19-15(3,4)5;1-9-8-10(2)17-14-11(9)6-7-12(13(14)16)18-15(3,4)5/h2*7-8H,3H2,1-2,4-6H3;3*6-7H,2H2,1,3-5H3;6-8H,2H2,1,3-5H3;6-7H,2H2,1,3-5H3;6-8H,2H2,1,3-5H3. The third-order valence-corrected chi connectivity index (χ3v) is 22.9. The Morgan fingerprint density at radius 1 is 0.207 bits per heavy atom. The molecule has 0 spiro atoms. The lowest BCUT2D eigenvalue weighted by molar-refractivity contribution is 0.116. The van der Waals surface area contributed by atoms with E-state index in [1.807, 2.05) is 256 Å². The van der Waals surface area contributed by atoms with Gasteiger partial charge in [-0.3, -0.25) is 0 Å². The zero-order valence-electron chi connectivity index (χ0n) is 92.1. The van der Waals surface area contributed by atoms with Crippen molar-refractivity contribution in [1.82, 2.24) is 0 Å². The number of ether oxygens (including phenoxy) is 16. The highest BCUT2D eigenvalue weighted by Gasteiger charge is 2.36. The fourth-order valence-electron chi connectivity index (χ4n) is 15.2. The van der Waals surface area contributed by atoms with Crippen molar-refractivity contribution in [2.75, 3.05) is 0 Å². The smallest absolute Gasteiger partial charge is 0.211 e. The number of benzene rings is 8. The van der Waals surface area contributed by atoms with Gasteiger partial charge in [-0.15, -0.1) is 0 Å². The quantitative estimate of drug-likeness (QED) is 0.133. The fourth-order valence-corrected chi connectivity index (χ4v) is 16.8. The maximum atomic E-state index is 14.6. The Bertz CT molecular complexity index is 6140. The summed E-state index contributed by atoms with van der Waals surface area (Å²) in [5.41, 5.74) is 11.5. The summed E-state index contributed by atoms with van der Waals surface area (Å²) in [6, 6.07) is 17.3. The van der Waals surface area contributed by atoms with Gasteiger partial charge in [-0.2, -0.15) is 17.6 Å². The molecular formula is C122H136Cl6F6O16. The molecule has 16 nitrogen and oxygen atoms in total. The molecule has 28 heteroatoms. The summed E-state index contributed by atoms with van der Waals surface area (Å²) in [4.78, 5) is 0. The van der Waals surface area contributed by atoms with Crippen LogP contribution in [0.15, 0.2) is 208 Å². The molecule has 0 atom stereocenters. The lowest BCUT2D eigenvalue weighted by atomic mass is 9.99. The summed E-state index contributed by atoms with van der Waals surface area (Å²) >= 11 is 37.7. The summed E-state index contributed by atoms with van der Waals surface area (Å²) in [6.45, 7) is 94.1. The monoisotopic (exact) mass is 2180 g/mol. The highest BCUT2D eigenvalue weighted by molar-refractivity contribution is 6.39. The fraction of sp³-hybridized carbons (Fsp3) is 0.344. The molecule has 8 heterocycles. The van der Waals surface area contributed by atoms with Crippen LogP contribution >= 0.6 is 69.6 Å². The third kappa shape index (κ3) is 31.9. The van der Waals surface area contributed by atoms with Crippen LogP contribution in [-0.4, -0.2) is 44.8 Å². The van der Waals surface area contributed by atoms with Gasteiger partial charge in [-0.1, -0.05) is 122 Å². The molecule has 0 N–H and O–H groups in total. The normalized spacial score (nSPS) is 14.7. The molecule has 0 aliphatic carbocycles. The summed E-state index contributed by atoms with van der Waals surface area (Å²) in [5.74, 6) is 4.68. The van der Waals surface area contributed by atoms with Gasteiger partial charge in [-0.05, 0) is 400 Å².